The molecule has 4 nitrogen and oxygen atoms in total. The van der Waals surface area contributed by atoms with Crippen molar-refractivity contribution in [2.45, 2.75) is 25.2 Å². The molecule has 0 aromatic heterocycles. The lowest BCUT2D eigenvalue weighted by atomic mass is 10.1. The Bertz CT molecular complexity index is 218. The van der Waals surface area contributed by atoms with Gasteiger partial charge < -0.3 is 11.1 Å². The number of nitrogens with zero attached hydrogens (tertiary/aromatic N) is 1. The monoisotopic (exact) mass is 227 g/mol. The van der Waals surface area contributed by atoms with E-state index in [0.717, 1.165) is 4.90 Å². The van der Waals surface area contributed by atoms with E-state index < -0.39 is 24.2 Å². The van der Waals surface area contributed by atoms with E-state index in [4.69, 9.17) is 5.73 Å². The Kier molecular flexibility index (Phi) is 5.02. The average Bonchev–Trinajstić information content (AvgIpc) is 1.99. The fourth-order valence-corrected chi connectivity index (χ4v) is 1.35. The Morgan fingerprint density at radius 1 is 1.53 bits per heavy atom. The summed E-state index contributed by atoms with van der Waals surface area (Å²) in [4.78, 5) is 11.8. The lowest BCUT2D eigenvalue weighted by molar-refractivity contribution is -0.184. The van der Waals surface area contributed by atoms with E-state index in [1.807, 2.05) is 0 Å². The smallest absolute Gasteiger partial charge is 0.358 e. The van der Waals surface area contributed by atoms with Gasteiger partial charge in [-0.05, 0) is 14.0 Å². The van der Waals surface area contributed by atoms with Gasteiger partial charge in [-0.15, -0.1) is 0 Å². The molecule has 0 saturated heterocycles. The first kappa shape index (κ1) is 14.2. The second-order valence-corrected chi connectivity index (χ2v) is 3.43. The molecule has 0 rings (SSSR count). The van der Waals surface area contributed by atoms with Crippen molar-refractivity contribution in [2.75, 3.05) is 20.6 Å². The van der Waals surface area contributed by atoms with Crippen LogP contribution in [0.5, 0.6) is 0 Å². The third kappa shape index (κ3) is 4.48. The van der Waals surface area contributed by atoms with Crippen molar-refractivity contribution in [3.05, 3.63) is 0 Å². The Hall–Kier alpha value is -0.820. The number of likely N-dealkylation sites (N-methyl/N-ethyl adjacent to an activating group) is 2. The van der Waals surface area contributed by atoms with Crippen LogP contribution in [0.4, 0.5) is 13.2 Å². The largest absolute Gasteiger partial charge is 0.405 e. The normalized spacial score (nSPS) is 16.3. The highest BCUT2D eigenvalue weighted by atomic mass is 19.4. The Balaban J connectivity index is 4.57. The number of hydrogen-bond donors (Lipinski definition) is 2. The molecule has 0 saturated carbocycles. The van der Waals surface area contributed by atoms with Crippen molar-refractivity contribution in [3.8, 4) is 0 Å². The van der Waals surface area contributed by atoms with Crippen LogP contribution < -0.4 is 11.1 Å². The van der Waals surface area contributed by atoms with Gasteiger partial charge in [0.2, 0.25) is 5.91 Å². The molecule has 0 spiro atoms. The van der Waals surface area contributed by atoms with Gasteiger partial charge in [0.15, 0.2) is 0 Å². The minimum Gasteiger partial charge on any atom is -0.358 e. The average molecular weight is 227 g/mol. The van der Waals surface area contributed by atoms with Crippen molar-refractivity contribution < 1.29 is 18.0 Å². The van der Waals surface area contributed by atoms with Crippen LogP contribution in [0.1, 0.15) is 6.92 Å². The highest BCUT2D eigenvalue weighted by Crippen LogP contribution is 2.25. The van der Waals surface area contributed by atoms with E-state index in [2.05, 4.69) is 5.32 Å². The molecule has 0 bridgehead atoms. The molecule has 90 valence electrons. The maximum absolute atomic E-state index is 12.5. The first-order valence-electron chi connectivity index (χ1n) is 4.43. The lowest BCUT2D eigenvalue weighted by Crippen LogP contribution is -2.55. The predicted octanol–water partition coefficient (Wildman–Crippen LogP) is -0.0577. The minimum atomic E-state index is -4.43. The SMILES string of the molecule is CNC(=O)CN(C)C(C(C)N)C(F)(F)F. The van der Waals surface area contributed by atoms with E-state index >= 15 is 0 Å². The molecule has 0 radical (unpaired) electrons. The standard InChI is InChI=1S/C8H16F3N3O/c1-5(12)7(8(9,10)11)14(3)4-6(15)13-2/h5,7H,4,12H2,1-3H3,(H,13,15). The van der Waals surface area contributed by atoms with Crippen LogP contribution in [0.15, 0.2) is 0 Å². The van der Waals surface area contributed by atoms with Crippen LogP contribution in [0.25, 0.3) is 0 Å². The fraction of sp³-hybridized carbons (Fsp3) is 0.875. The number of carbonyl (C=O) groups excluding carboxylic acids is 1. The number of alkyl halides is 3. The molecule has 0 aliphatic rings. The summed E-state index contributed by atoms with van der Waals surface area (Å²) in [5.41, 5.74) is 5.25. The van der Waals surface area contributed by atoms with Gasteiger partial charge in [0.25, 0.3) is 0 Å². The van der Waals surface area contributed by atoms with Crippen LogP contribution in [0, 0.1) is 0 Å². The fourth-order valence-electron chi connectivity index (χ4n) is 1.35. The maximum atomic E-state index is 12.5. The second-order valence-electron chi connectivity index (χ2n) is 3.43. The van der Waals surface area contributed by atoms with Crippen molar-refractivity contribution in [1.82, 2.24) is 10.2 Å². The predicted molar refractivity (Wildman–Crippen MR) is 50.2 cm³/mol. The first-order chi connectivity index (χ1) is 6.70. The van der Waals surface area contributed by atoms with Crippen LogP contribution in [-0.2, 0) is 4.79 Å². The third-order valence-corrected chi connectivity index (χ3v) is 1.98. The van der Waals surface area contributed by atoms with Gasteiger partial charge in [-0.1, -0.05) is 0 Å². The zero-order valence-corrected chi connectivity index (χ0v) is 8.93. The highest BCUT2D eigenvalue weighted by Gasteiger charge is 2.44. The van der Waals surface area contributed by atoms with E-state index in [1.165, 1.54) is 21.0 Å². The molecule has 0 heterocycles. The molecule has 0 aromatic carbocycles. The van der Waals surface area contributed by atoms with Crippen molar-refractivity contribution in [3.63, 3.8) is 0 Å². The maximum Gasteiger partial charge on any atom is 0.405 e. The van der Waals surface area contributed by atoms with Crippen molar-refractivity contribution in [2.24, 2.45) is 5.73 Å². The molecule has 0 aliphatic heterocycles. The zero-order valence-electron chi connectivity index (χ0n) is 8.93. The van der Waals surface area contributed by atoms with Gasteiger partial charge in [0.05, 0.1) is 6.54 Å². The van der Waals surface area contributed by atoms with Crippen molar-refractivity contribution in [1.29, 1.82) is 0 Å². The van der Waals surface area contributed by atoms with Crippen LogP contribution in [0.2, 0.25) is 0 Å². The summed E-state index contributed by atoms with van der Waals surface area (Å²) < 4.78 is 37.6. The number of nitrogens with one attached hydrogen (secondary N) is 1. The van der Waals surface area contributed by atoms with Gasteiger partial charge in [-0.2, -0.15) is 13.2 Å². The molecule has 7 heteroatoms. The molecular weight excluding hydrogens is 211 g/mol. The first-order valence-corrected chi connectivity index (χ1v) is 4.43. The minimum absolute atomic E-state index is 0.331. The Morgan fingerprint density at radius 3 is 2.27 bits per heavy atom. The van der Waals surface area contributed by atoms with E-state index in [0.29, 0.717) is 0 Å². The van der Waals surface area contributed by atoms with Gasteiger partial charge >= 0.3 is 6.18 Å². The molecule has 1 amide bonds. The Morgan fingerprint density at radius 2 is 2.00 bits per heavy atom. The van der Waals surface area contributed by atoms with Crippen LogP contribution >= 0.6 is 0 Å². The number of rotatable bonds is 4. The summed E-state index contributed by atoms with van der Waals surface area (Å²) in [6.07, 6.45) is -4.43. The van der Waals surface area contributed by atoms with Gasteiger partial charge in [-0.25, -0.2) is 0 Å². The molecule has 2 unspecified atom stereocenters. The highest BCUT2D eigenvalue weighted by molar-refractivity contribution is 5.77. The lowest BCUT2D eigenvalue weighted by Gasteiger charge is -2.31. The van der Waals surface area contributed by atoms with Crippen LogP contribution in [0.3, 0.4) is 0 Å². The zero-order chi connectivity index (χ0) is 12.2. The molecule has 2 atom stereocenters. The Labute approximate surface area is 86.6 Å². The number of hydrogen-bond acceptors (Lipinski definition) is 3. The summed E-state index contributed by atoms with van der Waals surface area (Å²) in [7, 11) is 2.58. The van der Waals surface area contributed by atoms with Gasteiger partial charge in [0, 0.05) is 13.1 Å². The van der Waals surface area contributed by atoms with E-state index in [1.54, 1.807) is 0 Å². The number of carbonyl (C=O) groups is 1. The molecule has 0 aliphatic carbocycles. The summed E-state index contributed by atoms with van der Waals surface area (Å²) in [6, 6.07) is -2.89. The quantitative estimate of drug-likeness (QED) is 0.707. The van der Waals surface area contributed by atoms with E-state index in [9.17, 15) is 18.0 Å². The van der Waals surface area contributed by atoms with Crippen LogP contribution in [-0.4, -0.2) is 49.7 Å². The molecule has 3 N–H and O–H groups in total. The van der Waals surface area contributed by atoms with Crippen molar-refractivity contribution >= 4 is 5.91 Å². The molecule has 0 fully saturated rings. The summed E-state index contributed by atoms with van der Waals surface area (Å²) in [5, 5.41) is 2.25. The van der Waals surface area contributed by atoms with E-state index in [-0.39, 0.29) is 6.54 Å². The summed E-state index contributed by atoms with van der Waals surface area (Å²) in [6.45, 7) is 0.931. The molecule has 15 heavy (non-hydrogen) atoms. The number of halogens is 3. The molecule has 0 aromatic rings. The van der Waals surface area contributed by atoms with Gasteiger partial charge in [0.1, 0.15) is 6.04 Å². The summed E-state index contributed by atoms with van der Waals surface area (Å²) in [5.74, 6) is -0.479. The topological polar surface area (TPSA) is 58.4 Å². The number of nitrogens with two attached hydrogens (primary N) is 1. The molecular formula is C8H16F3N3O. The third-order valence-electron chi connectivity index (χ3n) is 1.98. The number of amides is 1. The summed E-state index contributed by atoms with van der Waals surface area (Å²) >= 11 is 0. The van der Waals surface area contributed by atoms with Gasteiger partial charge in [-0.3, -0.25) is 9.69 Å². The second kappa shape index (κ2) is 5.32.